The van der Waals surface area contributed by atoms with E-state index in [0.717, 1.165) is 11.6 Å². The van der Waals surface area contributed by atoms with Gasteiger partial charge in [0.1, 0.15) is 11.5 Å². The molecule has 1 aliphatic carbocycles. The number of ketones is 1. The molecule has 4 rings (SSSR count). The molecule has 7 nitrogen and oxygen atoms in total. The minimum atomic E-state index is -4.66. The van der Waals surface area contributed by atoms with E-state index in [1.54, 1.807) is 36.3 Å². The lowest BCUT2D eigenvalue weighted by Crippen LogP contribution is -2.46. The Kier molecular flexibility index (Phi) is 5.45. The first-order chi connectivity index (χ1) is 15.2. The van der Waals surface area contributed by atoms with Gasteiger partial charge in [-0.2, -0.15) is 18.3 Å². The van der Waals surface area contributed by atoms with Gasteiger partial charge in [0, 0.05) is 30.9 Å². The number of halogens is 3. The van der Waals surface area contributed by atoms with Gasteiger partial charge in [-0.25, -0.2) is 9.78 Å². The van der Waals surface area contributed by atoms with Crippen LogP contribution in [0.2, 0.25) is 0 Å². The third-order valence-electron chi connectivity index (χ3n) is 5.20. The Labute approximate surface area is 181 Å². The van der Waals surface area contributed by atoms with Crippen molar-refractivity contribution < 1.29 is 27.5 Å². The average Bonchev–Trinajstić information content (AvgIpc) is 3.16. The number of methoxy groups -OCH3 is 1. The Morgan fingerprint density at radius 2 is 2.06 bits per heavy atom. The largest absolute Gasteiger partial charge is 0.467 e. The van der Waals surface area contributed by atoms with Crippen LogP contribution in [0.3, 0.4) is 0 Å². The van der Waals surface area contributed by atoms with Crippen LogP contribution in [0.15, 0.2) is 54.0 Å². The molecule has 2 aliphatic rings. The Balaban J connectivity index is 1.90. The van der Waals surface area contributed by atoms with E-state index in [0.29, 0.717) is 23.3 Å². The molecule has 0 N–H and O–H groups in total. The molecule has 2 aromatic rings. The standard InChI is InChI=1S/C22H19F3N4O3/c1-28-12-13(11-26-28)9-15-10-14-3-8-18(22(23,24)25)27-20(14)29(19(15)21(31)32-2)16-4-6-17(30)7-5-16/h3-6,8,10-12,19H,7,9H2,1-2H3. The lowest BCUT2D eigenvalue weighted by Gasteiger charge is -2.38. The van der Waals surface area contributed by atoms with Crippen LogP contribution in [0.25, 0.3) is 6.08 Å². The van der Waals surface area contributed by atoms with E-state index < -0.39 is 23.9 Å². The second-order valence-electron chi connectivity index (χ2n) is 7.45. The Morgan fingerprint density at radius 3 is 2.66 bits per heavy atom. The van der Waals surface area contributed by atoms with Gasteiger partial charge in [0.25, 0.3) is 0 Å². The van der Waals surface area contributed by atoms with Gasteiger partial charge >= 0.3 is 12.1 Å². The van der Waals surface area contributed by atoms with Crippen molar-refractivity contribution in [3.8, 4) is 0 Å². The number of allylic oxidation sites excluding steroid dienone is 3. The number of carbonyl (C=O) groups is 2. The molecule has 0 aromatic carbocycles. The minimum absolute atomic E-state index is 0.0320. The fourth-order valence-corrected chi connectivity index (χ4v) is 3.77. The zero-order chi connectivity index (χ0) is 23.0. The number of hydrogen-bond acceptors (Lipinski definition) is 6. The summed E-state index contributed by atoms with van der Waals surface area (Å²) in [6.07, 6.45) is 5.19. The minimum Gasteiger partial charge on any atom is -0.467 e. The molecule has 1 atom stereocenters. The molecule has 0 spiro atoms. The summed E-state index contributed by atoms with van der Waals surface area (Å²) in [4.78, 5) is 29.8. The Morgan fingerprint density at radius 1 is 1.28 bits per heavy atom. The fourth-order valence-electron chi connectivity index (χ4n) is 3.77. The summed E-state index contributed by atoms with van der Waals surface area (Å²) in [7, 11) is 2.97. The molecule has 10 heteroatoms. The van der Waals surface area contributed by atoms with Gasteiger partial charge in [-0.3, -0.25) is 9.48 Å². The van der Waals surface area contributed by atoms with E-state index in [1.165, 1.54) is 30.2 Å². The second kappa shape index (κ2) is 8.10. The number of anilines is 1. The fraction of sp³-hybridized carbons (Fsp3) is 0.273. The van der Waals surface area contributed by atoms with E-state index in [1.807, 2.05) is 0 Å². The quantitative estimate of drug-likeness (QED) is 0.674. The van der Waals surface area contributed by atoms with Crippen LogP contribution >= 0.6 is 0 Å². The zero-order valence-electron chi connectivity index (χ0n) is 17.3. The van der Waals surface area contributed by atoms with Crippen molar-refractivity contribution in [3.05, 3.63) is 70.8 Å². The van der Waals surface area contributed by atoms with Crippen molar-refractivity contribution in [2.24, 2.45) is 7.05 Å². The summed E-state index contributed by atoms with van der Waals surface area (Å²) >= 11 is 0. The van der Waals surface area contributed by atoms with Crippen molar-refractivity contribution in [2.75, 3.05) is 12.0 Å². The first-order valence-corrected chi connectivity index (χ1v) is 9.71. The first kappa shape index (κ1) is 21.5. The number of esters is 1. The van der Waals surface area contributed by atoms with Crippen molar-refractivity contribution in [2.45, 2.75) is 25.1 Å². The molecule has 0 bridgehead atoms. The molecule has 0 fully saturated rings. The topological polar surface area (TPSA) is 77.3 Å². The molecule has 2 aromatic heterocycles. The van der Waals surface area contributed by atoms with Gasteiger partial charge in [-0.05, 0) is 47.9 Å². The lowest BCUT2D eigenvalue weighted by atomic mass is 9.91. The third kappa shape index (κ3) is 4.08. The zero-order valence-corrected chi connectivity index (χ0v) is 17.3. The first-order valence-electron chi connectivity index (χ1n) is 9.71. The van der Waals surface area contributed by atoms with E-state index in [2.05, 4.69) is 10.1 Å². The van der Waals surface area contributed by atoms with Crippen LogP contribution in [-0.2, 0) is 34.0 Å². The molecule has 166 valence electrons. The maximum absolute atomic E-state index is 13.4. The highest BCUT2D eigenvalue weighted by Gasteiger charge is 2.40. The van der Waals surface area contributed by atoms with Crippen LogP contribution in [0.1, 0.15) is 23.2 Å². The lowest BCUT2D eigenvalue weighted by molar-refractivity contribution is -0.141. The summed E-state index contributed by atoms with van der Waals surface area (Å²) in [5, 5.41) is 4.13. The predicted octanol–water partition coefficient (Wildman–Crippen LogP) is 3.23. The number of aromatic nitrogens is 3. The Bertz CT molecular complexity index is 1180. The molecule has 0 saturated heterocycles. The van der Waals surface area contributed by atoms with Crippen molar-refractivity contribution in [3.63, 3.8) is 0 Å². The number of pyridine rings is 1. The summed E-state index contributed by atoms with van der Waals surface area (Å²) in [6, 6.07) is 1.17. The van der Waals surface area contributed by atoms with Crippen molar-refractivity contribution in [1.82, 2.24) is 14.8 Å². The smallest absolute Gasteiger partial charge is 0.433 e. The van der Waals surface area contributed by atoms with E-state index in [4.69, 9.17) is 4.74 Å². The number of ether oxygens (including phenoxy) is 1. The van der Waals surface area contributed by atoms with E-state index >= 15 is 0 Å². The summed E-state index contributed by atoms with van der Waals surface area (Å²) in [6.45, 7) is 0. The van der Waals surface area contributed by atoms with Gasteiger partial charge in [-0.15, -0.1) is 0 Å². The number of rotatable bonds is 4. The van der Waals surface area contributed by atoms with Crippen molar-refractivity contribution >= 4 is 23.6 Å². The maximum atomic E-state index is 13.4. The van der Waals surface area contributed by atoms with Gasteiger partial charge in [0.15, 0.2) is 11.8 Å². The van der Waals surface area contributed by atoms with Crippen molar-refractivity contribution in [1.29, 1.82) is 0 Å². The molecule has 0 amide bonds. The van der Waals surface area contributed by atoms with E-state index in [-0.39, 0.29) is 18.0 Å². The molecule has 1 unspecified atom stereocenters. The molecular weight excluding hydrogens is 425 g/mol. The maximum Gasteiger partial charge on any atom is 0.433 e. The highest BCUT2D eigenvalue weighted by molar-refractivity contribution is 5.95. The number of hydrogen-bond donors (Lipinski definition) is 0. The van der Waals surface area contributed by atoms with Crippen LogP contribution in [0.5, 0.6) is 0 Å². The average molecular weight is 444 g/mol. The number of fused-ring (bicyclic) bond motifs is 1. The number of nitrogens with zero attached hydrogens (tertiary/aromatic N) is 4. The monoisotopic (exact) mass is 444 g/mol. The third-order valence-corrected chi connectivity index (χ3v) is 5.20. The van der Waals surface area contributed by atoms with Gasteiger partial charge in [0.2, 0.25) is 0 Å². The van der Waals surface area contributed by atoms with Gasteiger partial charge < -0.3 is 9.64 Å². The normalized spacial score (nSPS) is 18.2. The number of aryl methyl sites for hydroxylation is 1. The van der Waals surface area contributed by atoms with Gasteiger partial charge in [-0.1, -0.05) is 6.08 Å². The molecule has 0 radical (unpaired) electrons. The molecular formula is C22H19F3N4O3. The predicted molar refractivity (Wildman–Crippen MR) is 109 cm³/mol. The second-order valence-corrected chi connectivity index (χ2v) is 7.45. The van der Waals surface area contributed by atoms with Crippen LogP contribution < -0.4 is 4.90 Å². The SMILES string of the molecule is COC(=O)C1C(Cc2cnn(C)c2)=Cc2ccc(C(F)(F)F)nc2N1C1=CCC(=O)C=C1. The highest BCUT2D eigenvalue weighted by atomic mass is 19.4. The van der Waals surface area contributed by atoms with E-state index in [9.17, 15) is 22.8 Å². The highest BCUT2D eigenvalue weighted by Crippen LogP contribution is 2.39. The Hall–Kier alpha value is -3.69. The summed E-state index contributed by atoms with van der Waals surface area (Å²) in [5.41, 5.74) is 1.16. The summed E-state index contributed by atoms with van der Waals surface area (Å²) < 4.78 is 46.8. The summed E-state index contributed by atoms with van der Waals surface area (Å²) in [5.74, 6) is -0.838. The molecule has 0 saturated carbocycles. The van der Waals surface area contributed by atoms with Crippen LogP contribution in [0.4, 0.5) is 19.0 Å². The molecule has 3 heterocycles. The molecule has 32 heavy (non-hydrogen) atoms. The van der Waals surface area contributed by atoms with Crippen LogP contribution in [-0.4, -0.2) is 39.7 Å². The number of alkyl halides is 3. The number of carbonyl (C=O) groups excluding carboxylic acids is 2. The van der Waals surface area contributed by atoms with Crippen LogP contribution in [0, 0.1) is 0 Å². The van der Waals surface area contributed by atoms with Gasteiger partial charge in [0.05, 0.1) is 13.3 Å². The molecule has 1 aliphatic heterocycles.